The summed E-state index contributed by atoms with van der Waals surface area (Å²) in [4.78, 5) is 6.93. The van der Waals surface area contributed by atoms with Crippen LogP contribution in [0.5, 0.6) is 5.75 Å². The predicted octanol–water partition coefficient (Wildman–Crippen LogP) is 4.88. The molecule has 1 fully saturated rings. The van der Waals surface area contributed by atoms with Crippen molar-refractivity contribution in [2.24, 2.45) is 0 Å². The van der Waals surface area contributed by atoms with E-state index in [1.165, 1.54) is 17.0 Å². The molecule has 0 amide bonds. The van der Waals surface area contributed by atoms with Crippen molar-refractivity contribution >= 4 is 17.3 Å². The molecule has 1 saturated heterocycles. The van der Waals surface area contributed by atoms with E-state index in [-0.39, 0.29) is 18.1 Å². The highest BCUT2D eigenvalue weighted by atomic mass is 32.1. The minimum Gasteiger partial charge on any atom is -0.497 e. The summed E-state index contributed by atoms with van der Waals surface area (Å²) in [6, 6.07) is 16.9. The first kappa shape index (κ1) is 20.4. The Morgan fingerprint density at radius 2 is 1.83 bits per heavy atom. The van der Waals surface area contributed by atoms with E-state index in [1.807, 2.05) is 30.5 Å². The molecule has 30 heavy (non-hydrogen) atoms. The standard InChI is InChI=1S/C24H28N4OS/c1-15(2)27-23(22(26-24(27)30)21-8-6-7-13-25-21)20-14-16(3)28(17(20)4)18-9-11-19(29-5)12-10-18/h6-15,22-23H,1-5H3,(H,26,30)/t22-,23+/m0/s1. The normalized spacial score (nSPS) is 18.7. The molecule has 3 heterocycles. The monoisotopic (exact) mass is 420 g/mol. The third-order valence-corrected chi connectivity index (χ3v) is 6.14. The molecule has 0 bridgehead atoms. The van der Waals surface area contributed by atoms with Gasteiger partial charge in [-0.25, -0.2) is 0 Å². The van der Waals surface area contributed by atoms with E-state index in [2.05, 4.69) is 71.7 Å². The van der Waals surface area contributed by atoms with Gasteiger partial charge in [0.2, 0.25) is 0 Å². The van der Waals surface area contributed by atoms with Crippen molar-refractivity contribution in [2.75, 3.05) is 7.11 Å². The van der Waals surface area contributed by atoms with Gasteiger partial charge in [-0.05, 0) is 87.9 Å². The third-order valence-electron chi connectivity index (χ3n) is 5.81. The Morgan fingerprint density at radius 3 is 2.43 bits per heavy atom. The van der Waals surface area contributed by atoms with E-state index in [1.54, 1.807) is 7.11 Å². The van der Waals surface area contributed by atoms with Crippen molar-refractivity contribution in [3.8, 4) is 11.4 Å². The Bertz CT molecular complexity index is 1040. The summed E-state index contributed by atoms with van der Waals surface area (Å²) in [6.07, 6.45) is 1.84. The lowest BCUT2D eigenvalue weighted by molar-refractivity contribution is 0.269. The second-order valence-corrected chi connectivity index (χ2v) is 8.37. The topological polar surface area (TPSA) is 42.3 Å². The van der Waals surface area contributed by atoms with Gasteiger partial charge in [-0.15, -0.1) is 0 Å². The lowest BCUT2D eigenvalue weighted by Gasteiger charge is -2.31. The van der Waals surface area contributed by atoms with Crippen molar-refractivity contribution in [2.45, 2.75) is 45.8 Å². The molecule has 1 aliphatic rings. The summed E-state index contributed by atoms with van der Waals surface area (Å²) in [6.45, 7) is 8.70. The highest BCUT2D eigenvalue weighted by molar-refractivity contribution is 7.80. The molecule has 2 atom stereocenters. The number of benzene rings is 1. The summed E-state index contributed by atoms with van der Waals surface area (Å²) in [7, 11) is 1.69. The number of thiocarbonyl (C=S) groups is 1. The number of ether oxygens (including phenoxy) is 1. The molecule has 1 N–H and O–H groups in total. The summed E-state index contributed by atoms with van der Waals surface area (Å²) >= 11 is 5.74. The fourth-order valence-electron chi connectivity index (χ4n) is 4.47. The van der Waals surface area contributed by atoms with Crippen LogP contribution in [-0.2, 0) is 0 Å². The number of nitrogens with zero attached hydrogens (tertiary/aromatic N) is 3. The Morgan fingerprint density at radius 1 is 1.10 bits per heavy atom. The van der Waals surface area contributed by atoms with Crippen LogP contribution in [0.1, 0.15) is 48.6 Å². The molecule has 3 aromatic rings. The minimum atomic E-state index is 0.00548. The second kappa shape index (κ2) is 8.11. The van der Waals surface area contributed by atoms with Gasteiger partial charge in [0.1, 0.15) is 5.75 Å². The van der Waals surface area contributed by atoms with E-state index < -0.39 is 0 Å². The molecule has 6 heteroatoms. The van der Waals surface area contributed by atoms with E-state index in [4.69, 9.17) is 17.0 Å². The Labute approximate surface area is 183 Å². The average molecular weight is 421 g/mol. The maximum absolute atomic E-state index is 5.74. The summed E-state index contributed by atoms with van der Waals surface area (Å²) in [5.41, 5.74) is 5.79. The maximum atomic E-state index is 5.74. The predicted molar refractivity (Wildman–Crippen MR) is 124 cm³/mol. The second-order valence-electron chi connectivity index (χ2n) is 7.99. The summed E-state index contributed by atoms with van der Waals surface area (Å²) < 4.78 is 7.62. The number of hydrogen-bond donors (Lipinski definition) is 1. The first-order valence-electron chi connectivity index (χ1n) is 10.3. The molecular weight excluding hydrogens is 392 g/mol. The van der Waals surface area contributed by atoms with Crippen LogP contribution >= 0.6 is 12.2 Å². The third kappa shape index (κ3) is 3.45. The quantitative estimate of drug-likeness (QED) is 0.596. The lowest BCUT2D eigenvalue weighted by atomic mass is 9.96. The molecular formula is C24H28N4OS. The van der Waals surface area contributed by atoms with Crippen LogP contribution in [-0.4, -0.2) is 32.7 Å². The van der Waals surface area contributed by atoms with Crippen LogP contribution in [0.25, 0.3) is 5.69 Å². The zero-order chi connectivity index (χ0) is 21.4. The minimum absolute atomic E-state index is 0.00548. The largest absolute Gasteiger partial charge is 0.497 e. The first-order chi connectivity index (χ1) is 14.4. The average Bonchev–Trinajstić information content (AvgIpc) is 3.24. The molecule has 1 aliphatic heterocycles. The number of hydrogen-bond acceptors (Lipinski definition) is 3. The molecule has 0 aliphatic carbocycles. The molecule has 5 nitrogen and oxygen atoms in total. The van der Waals surface area contributed by atoms with E-state index in [0.29, 0.717) is 0 Å². The number of methoxy groups -OCH3 is 1. The number of aromatic nitrogens is 2. The number of nitrogens with one attached hydrogen (secondary N) is 1. The van der Waals surface area contributed by atoms with E-state index in [0.717, 1.165) is 22.2 Å². The van der Waals surface area contributed by atoms with Gasteiger partial charge >= 0.3 is 0 Å². The van der Waals surface area contributed by atoms with Gasteiger partial charge in [0, 0.05) is 29.3 Å². The summed E-state index contributed by atoms with van der Waals surface area (Å²) in [5, 5.41) is 4.31. The highest BCUT2D eigenvalue weighted by Crippen LogP contribution is 2.42. The number of aryl methyl sites for hydroxylation is 1. The molecule has 0 saturated carbocycles. The van der Waals surface area contributed by atoms with Crippen molar-refractivity contribution in [3.05, 3.63) is 77.4 Å². The Kier molecular flexibility index (Phi) is 5.52. The van der Waals surface area contributed by atoms with Crippen molar-refractivity contribution in [1.82, 2.24) is 19.8 Å². The van der Waals surface area contributed by atoms with Crippen LogP contribution in [0.2, 0.25) is 0 Å². The smallest absolute Gasteiger partial charge is 0.170 e. The zero-order valence-corrected chi connectivity index (χ0v) is 18.9. The van der Waals surface area contributed by atoms with Crippen LogP contribution in [0, 0.1) is 13.8 Å². The summed E-state index contributed by atoms with van der Waals surface area (Å²) in [5.74, 6) is 0.855. The van der Waals surface area contributed by atoms with Crippen LogP contribution in [0.4, 0.5) is 0 Å². The molecule has 2 aromatic heterocycles. The van der Waals surface area contributed by atoms with Gasteiger partial charge < -0.3 is 19.5 Å². The lowest BCUT2D eigenvalue weighted by Crippen LogP contribution is -2.35. The van der Waals surface area contributed by atoms with Gasteiger partial charge in [-0.2, -0.15) is 0 Å². The van der Waals surface area contributed by atoms with Crippen molar-refractivity contribution in [1.29, 1.82) is 0 Å². The molecule has 1 aromatic carbocycles. The fourth-order valence-corrected chi connectivity index (χ4v) is 4.92. The van der Waals surface area contributed by atoms with Crippen LogP contribution in [0.15, 0.2) is 54.7 Å². The van der Waals surface area contributed by atoms with Gasteiger partial charge in [0.15, 0.2) is 5.11 Å². The number of rotatable bonds is 5. The SMILES string of the molecule is COc1ccc(-n2c(C)cc([C@@H]3[C@H](c4ccccn4)NC(=S)N3C(C)C)c2C)cc1. The molecule has 0 unspecified atom stereocenters. The maximum Gasteiger partial charge on any atom is 0.170 e. The zero-order valence-electron chi connectivity index (χ0n) is 18.1. The van der Waals surface area contributed by atoms with Gasteiger partial charge in [0.25, 0.3) is 0 Å². The number of pyridine rings is 1. The van der Waals surface area contributed by atoms with E-state index >= 15 is 0 Å². The van der Waals surface area contributed by atoms with Crippen molar-refractivity contribution < 1.29 is 4.74 Å². The molecule has 0 radical (unpaired) electrons. The van der Waals surface area contributed by atoms with Gasteiger partial charge in [-0.3, -0.25) is 4.98 Å². The van der Waals surface area contributed by atoms with Gasteiger partial charge in [-0.1, -0.05) is 6.07 Å². The Balaban J connectivity index is 1.82. The molecule has 4 rings (SSSR count). The Hall–Kier alpha value is -2.86. The van der Waals surface area contributed by atoms with Gasteiger partial charge in [0.05, 0.1) is 24.9 Å². The first-order valence-corrected chi connectivity index (χ1v) is 10.7. The fraction of sp³-hybridized carbons (Fsp3) is 0.333. The van der Waals surface area contributed by atoms with Crippen LogP contribution in [0.3, 0.4) is 0 Å². The van der Waals surface area contributed by atoms with Crippen LogP contribution < -0.4 is 10.1 Å². The molecule has 0 spiro atoms. The van der Waals surface area contributed by atoms with Crippen molar-refractivity contribution in [3.63, 3.8) is 0 Å². The van der Waals surface area contributed by atoms with E-state index in [9.17, 15) is 0 Å². The molecule has 156 valence electrons. The highest BCUT2D eigenvalue weighted by Gasteiger charge is 2.42.